The normalized spacial score (nSPS) is 10.1. The highest BCUT2D eigenvalue weighted by molar-refractivity contribution is 7.14. The van der Waals surface area contributed by atoms with Crippen LogP contribution < -0.4 is 5.32 Å². The number of halogens is 1. The maximum Gasteiger partial charge on any atom is 0.341 e. The quantitative estimate of drug-likeness (QED) is 0.695. The summed E-state index contributed by atoms with van der Waals surface area (Å²) in [5, 5.41) is 4.59. The van der Waals surface area contributed by atoms with Crippen LogP contribution in [0.25, 0.3) is 0 Å². The van der Waals surface area contributed by atoms with Gasteiger partial charge in [0.05, 0.1) is 12.2 Å². The molecule has 0 fully saturated rings. The third kappa shape index (κ3) is 3.18. The molecule has 2 aromatic heterocycles. The summed E-state index contributed by atoms with van der Waals surface area (Å²) in [6.07, 6.45) is 1.20. The maximum absolute atomic E-state index is 13.0. The van der Waals surface area contributed by atoms with E-state index in [1.165, 1.54) is 23.6 Å². The third-order valence-corrected chi connectivity index (χ3v) is 3.21. The number of aromatic nitrogens is 1. The van der Waals surface area contributed by atoms with Gasteiger partial charge in [-0.25, -0.2) is 9.78 Å². The molecule has 2 heterocycles. The van der Waals surface area contributed by atoms with E-state index in [1.807, 2.05) is 0 Å². The van der Waals surface area contributed by atoms with E-state index >= 15 is 0 Å². The van der Waals surface area contributed by atoms with Gasteiger partial charge < -0.3 is 10.1 Å². The van der Waals surface area contributed by atoms with Gasteiger partial charge in [0.25, 0.3) is 5.91 Å². The molecule has 0 bridgehead atoms. The van der Waals surface area contributed by atoms with Crippen LogP contribution in [-0.2, 0) is 4.74 Å². The molecular weight excluding hydrogens is 283 g/mol. The number of anilines is 1. The first-order valence-corrected chi connectivity index (χ1v) is 6.67. The number of carbonyl (C=O) groups excluding carboxylic acids is 2. The molecule has 0 unspecified atom stereocenters. The van der Waals surface area contributed by atoms with Crippen molar-refractivity contribution in [2.45, 2.75) is 6.92 Å². The summed E-state index contributed by atoms with van der Waals surface area (Å²) in [6.45, 7) is 1.94. The summed E-state index contributed by atoms with van der Waals surface area (Å²) in [5.74, 6) is -1.77. The van der Waals surface area contributed by atoms with Gasteiger partial charge in [-0.2, -0.15) is 4.39 Å². The van der Waals surface area contributed by atoms with Crippen LogP contribution in [0, 0.1) is 5.95 Å². The van der Waals surface area contributed by atoms with Crippen molar-refractivity contribution in [2.24, 2.45) is 0 Å². The predicted molar refractivity (Wildman–Crippen MR) is 72.4 cm³/mol. The molecule has 0 radical (unpaired) electrons. The highest BCUT2D eigenvalue weighted by atomic mass is 32.1. The van der Waals surface area contributed by atoms with E-state index < -0.39 is 17.8 Å². The first-order chi connectivity index (χ1) is 9.61. The summed E-state index contributed by atoms with van der Waals surface area (Å²) in [7, 11) is 0. The Morgan fingerprint density at radius 3 is 2.95 bits per heavy atom. The molecule has 1 N–H and O–H groups in total. The number of rotatable bonds is 4. The Morgan fingerprint density at radius 2 is 2.25 bits per heavy atom. The SMILES string of the molecule is CCOC(=O)c1ccsc1NC(=O)c1ccnc(F)c1. The number of amides is 1. The molecule has 0 aliphatic carbocycles. The van der Waals surface area contributed by atoms with E-state index in [9.17, 15) is 14.0 Å². The highest BCUT2D eigenvalue weighted by Gasteiger charge is 2.17. The van der Waals surface area contributed by atoms with E-state index in [4.69, 9.17) is 4.74 Å². The molecule has 0 aromatic carbocycles. The molecule has 0 spiro atoms. The van der Waals surface area contributed by atoms with Crippen molar-refractivity contribution >= 4 is 28.2 Å². The molecule has 0 aliphatic rings. The lowest BCUT2D eigenvalue weighted by Crippen LogP contribution is -2.14. The second kappa shape index (κ2) is 6.25. The summed E-state index contributed by atoms with van der Waals surface area (Å²) < 4.78 is 17.8. The fraction of sp³-hybridized carbons (Fsp3) is 0.154. The minimum Gasteiger partial charge on any atom is -0.462 e. The average Bonchev–Trinajstić information content (AvgIpc) is 2.87. The van der Waals surface area contributed by atoms with Gasteiger partial charge >= 0.3 is 5.97 Å². The van der Waals surface area contributed by atoms with Crippen molar-refractivity contribution < 1.29 is 18.7 Å². The molecule has 0 atom stereocenters. The zero-order valence-electron chi connectivity index (χ0n) is 10.6. The Morgan fingerprint density at radius 1 is 1.45 bits per heavy atom. The second-order valence-electron chi connectivity index (χ2n) is 3.71. The van der Waals surface area contributed by atoms with Crippen LogP contribution in [0.2, 0.25) is 0 Å². The molecule has 5 nitrogen and oxygen atoms in total. The van der Waals surface area contributed by atoms with E-state index in [0.717, 1.165) is 6.07 Å². The second-order valence-corrected chi connectivity index (χ2v) is 4.62. The van der Waals surface area contributed by atoms with E-state index in [-0.39, 0.29) is 17.7 Å². The van der Waals surface area contributed by atoms with Crippen LogP contribution in [0.15, 0.2) is 29.8 Å². The van der Waals surface area contributed by atoms with Gasteiger partial charge in [-0.05, 0) is 24.4 Å². The highest BCUT2D eigenvalue weighted by Crippen LogP contribution is 2.24. The van der Waals surface area contributed by atoms with Crippen LogP contribution in [0.1, 0.15) is 27.6 Å². The first kappa shape index (κ1) is 14.1. The van der Waals surface area contributed by atoms with Gasteiger partial charge in [-0.1, -0.05) is 0 Å². The standard InChI is InChI=1S/C13H11FN2O3S/c1-2-19-13(18)9-4-6-20-12(9)16-11(17)8-3-5-15-10(14)7-8/h3-7H,2H2,1H3,(H,16,17). The Labute approximate surface area is 118 Å². The Kier molecular flexibility index (Phi) is 4.41. The number of nitrogens with zero attached hydrogens (tertiary/aromatic N) is 1. The third-order valence-electron chi connectivity index (χ3n) is 2.38. The Balaban J connectivity index is 2.16. The predicted octanol–water partition coefficient (Wildman–Crippen LogP) is 2.71. The van der Waals surface area contributed by atoms with Gasteiger partial charge in [0.1, 0.15) is 5.00 Å². The molecule has 0 saturated carbocycles. The van der Waals surface area contributed by atoms with Crippen molar-refractivity contribution in [3.05, 3.63) is 46.9 Å². The Bertz CT molecular complexity index is 642. The topological polar surface area (TPSA) is 68.3 Å². The van der Waals surface area contributed by atoms with Crippen LogP contribution in [0.5, 0.6) is 0 Å². The van der Waals surface area contributed by atoms with Crippen LogP contribution >= 0.6 is 11.3 Å². The summed E-state index contributed by atoms with van der Waals surface area (Å²) >= 11 is 1.19. The van der Waals surface area contributed by atoms with Crippen LogP contribution in [-0.4, -0.2) is 23.5 Å². The van der Waals surface area contributed by atoms with Crippen molar-refractivity contribution in [2.75, 3.05) is 11.9 Å². The number of hydrogen-bond acceptors (Lipinski definition) is 5. The monoisotopic (exact) mass is 294 g/mol. The fourth-order valence-corrected chi connectivity index (χ4v) is 2.26. The molecule has 2 rings (SSSR count). The largest absolute Gasteiger partial charge is 0.462 e. The number of esters is 1. The van der Waals surface area contributed by atoms with Crippen LogP contribution in [0.4, 0.5) is 9.39 Å². The molecule has 104 valence electrons. The van der Waals surface area contributed by atoms with E-state index in [1.54, 1.807) is 18.4 Å². The van der Waals surface area contributed by atoms with Gasteiger partial charge in [0.15, 0.2) is 0 Å². The number of ether oxygens (including phenoxy) is 1. The van der Waals surface area contributed by atoms with Crippen molar-refractivity contribution in [3.63, 3.8) is 0 Å². The molecular formula is C13H11FN2O3S. The van der Waals surface area contributed by atoms with Gasteiger partial charge in [0.2, 0.25) is 5.95 Å². The summed E-state index contributed by atoms with van der Waals surface area (Å²) in [5.41, 5.74) is 0.403. The minimum atomic E-state index is -0.741. The van der Waals surface area contributed by atoms with E-state index in [2.05, 4.69) is 10.3 Å². The van der Waals surface area contributed by atoms with Gasteiger partial charge in [-0.3, -0.25) is 4.79 Å². The smallest absolute Gasteiger partial charge is 0.341 e. The maximum atomic E-state index is 13.0. The molecule has 20 heavy (non-hydrogen) atoms. The number of thiophene rings is 1. The first-order valence-electron chi connectivity index (χ1n) is 5.79. The molecule has 2 aromatic rings. The molecule has 1 amide bonds. The number of pyridine rings is 1. The summed E-state index contributed by atoms with van der Waals surface area (Å²) in [6, 6.07) is 3.97. The van der Waals surface area contributed by atoms with Crippen molar-refractivity contribution in [1.82, 2.24) is 4.98 Å². The molecule has 7 heteroatoms. The number of carbonyl (C=O) groups is 2. The Hall–Kier alpha value is -2.28. The van der Waals surface area contributed by atoms with E-state index in [0.29, 0.717) is 5.00 Å². The van der Waals surface area contributed by atoms with Crippen molar-refractivity contribution in [3.8, 4) is 0 Å². The van der Waals surface area contributed by atoms with Crippen molar-refractivity contribution in [1.29, 1.82) is 0 Å². The molecule has 0 saturated heterocycles. The lowest BCUT2D eigenvalue weighted by molar-refractivity contribution is 0.0528. The zero-order valence-corrected chi connectivity index (χ0v) is 11.4. The zero-order chi connectivity index (χ0) is 14.5. The number of nitrogens with one attached hydrogen (secondary N) is 1. The lowest BCUT2D eigenvalue weighted by atomic mass is 10.2. The van der Waals surface area contributed by atoms with Gasteiger partial charge in [0, 0.05) is 17.8 Å². The van der Waals surface area contributed by atoms with Crippen LogP contribution in [0.3, 0.4) is 0 Å². The van der Waals surface area contributed by atoms with Gasteiger partial charge in [-0.15, -0.1) is 11.3 Å². The minimum absolute atomic E-state index is 0.126. The summed E-state index contributed by atoms with van der Waals surface area (Å²) in [4.78, 5) is 27.0. The molecule has 0 aliphatic heterocycles. The number of hydrogen-bond donors (Lipinski definition) is 1. The lowest BCUT2D eigenvalue weighted by Gasteiger charge is -2.06. The average molecular weight is 294 g/mol. The fourth-order valence-electron chi connectivity index (χ4n) is 1.49.